The van der Waals surface area contributed by atoms with Gasteiger partial charge < -0.3 is 0 Å². The first-order valence-corrected chi connectivity index (χ1v) is 14.0. The van der Waals surface area contributed by atoms with E-state index in [0.29, 0.717) is 0 Å². The number of benzene rings is 3. The predicted molar refractivity (Wildman–Crippen MR) is 160 cm³/mol. The van der Waals surface area contributed by atoms with E-state index in [-0.39, 0.29) is 5.92 Å². The van der Waals surface area contributed by atoms with Crippen molar-refractivity contribution >= 4 is 22.2 Å². The quantitative estimate of drug-likeness (QED) is 0.222. The fraction of sp³-hybridized carbons (Fsp3) is 0.0882. The molecule has 0 saturated carbocycles. The van der Waals surface area contributed by atoms with Crippen LogP contribution in [0.2, 0.25) is 0 Å². The van der Waals surface area contributed by atoms with E-state index in [4.69, 9.17) is 5.10 Å². The molecule has 0 N–H and O–H groups in total. The van der Waals surface area contributed by atoms with Gasteiger partial charge in [0.25, 0.3) is 0 Å². The Bertz CT molecular complexity index is 1740. The number of rotatable bonds is 6. The maximum atomic E-state index is 5.07. The SMILES string of the molecule is C1=CCC(C(c2ccccc2)(c2ccccc2)n2cc(-c3ccc4ncnc(-c5cccs5)c4c3)cn2)C=C1. The third kappa shape index (κ3) is 4.03. The minimum atomic E-state index is -0.510. The Balaban J connectivity index is 1.42. The van der Waals surface area contributed by atoms with Crippen LogP contribution < -0.4 is 0 Å². The van der Waals surface area contributed by atoms with Crippen molar-refractivity contribution in [2.24, 2.45) is 5.92 Å². The fourth-order valence-electron chi connectivity index (χ4n) is 5.81. The van der Waals surface area contributed by atoms with Crippen LogP contribution in [-0.4, -0.2) is 19.7 Å². The minimum absolute atomic E-state index is 0.190. The van der Waals surface area contributed by atoms with Crippen LogP contribution in [0.4, 0.5) is 0 Å². The molecule has 5 heteroatoms. The number of allylic oxidation sites excluding steroid dienone is 4. The Morgan fingerprint density at radius 3 is 2.28 bits per heavy atom. The first-order valence-electron chi connectivity index (χ1n) is 13.1. The Morgan fingerprint density at radius 1 is 0.795 bits per heavy atom. The van der Waals surface area contributed by atoms with Gasteiger partial charge in [-0.1, -0.05) is 97.1 Å². The Kier molecular flexibility index (Phi) is 5.99. The molecule has 0 bridgehead atoms. The number of hydrogen-bond donors (Lipinski definition) is 0. The summed E-state index contributed by atoms with van der Waals surface area (Å²) in [7, 11) is 0. The molecule has 4 nitrogen and oxygen atoms in total. The van der Waals surface area contributed by atoms with E-state index in [0.717, 1.165) is 39.0 Å². The number of hydrogen-bond acceptors (Lipinski definition) is 4. The molecule has 6 aromatic rings. The van der Waals surface area contributed by atoms with Gasteiger partial charge in [-0.25, -0.2) is 9.97 Å². The zero-order valence-electron chi connectivity index (χ0n) is 21.3. The van der Waals surface area contributed by atoms with Gasteiger partial charge in [-0.05, 0) is 46.7 Å². The van der Waals surface area contributed by atoms with Crippen LogP contribution in [0.15, 0.2) is 139 Å². The van der Waals surface area contributed by atoms with Crippen molar-refractivity contribution in [3.05, 3.63) is 151 Å². The summed E-state index contributed by atoms with van der Waals surface area (Å²) >= 11 is 1.69. The fourth-order valence-corrected chi connectivity index (χ4v) is 6.55. The van der Waals surface area contributed by atoms with Crippen LogP contribution in [0, 0.1) is 5.92 Å². The highest BCUT2D eigenvalue weighted by Crippen LogP contribution is 2.44. The molecular weight excluding hydrogens is 496 g/mol. The van der Waals surface area contributed by atoms with Gasteiger partial charge in [-0.2, -0.15) is 5.10 Å². The van der Waals surface area contributed by atoms with Gasteiger partial charge in [-0.15, -0.1) is 11.3 Å². The molecule has 0 spiro atoms. The summed E-state index contributed by atoms with van der Waals surface area (Å²) in [6.07, 6.45) is 15.6. The molecule has 3 aromatic carbocycles. The normalized spacial score (nSPS) is 15.1. The van der Waals surface area contributed by atoms with Crippen LogP contribution in [0.1, 0.15) is 17.5 Å². The highest BCUT2D eigenvalue weighted by atomic mass is 32.1. The number of aromatic nitrogens is 4. The number of nitrogens with zero attached hydrogens (tertiary/aromatic N) is 4. The van der Waals surface area contributed by atoms with Crippen LogP contribution in [0.3, 0.4) is 0 Å². The summed E-state index contributed by atoms with van der Waals surface area (Å²) in [5.41, 5.74) is 5.97. The summed E-state index contributed by atoms with van der Waals surface area (Å²) in [5.74, 6) is 0.190. The van der Waals surface area contributed by atoms with E-state index >= 15 is 0 Å². The van der Waals surface area contributed by atoms with Crippen LogP contribution in [-0.2, 0) is 5.54 Å². The van der Waals surface area contributed by atoms with Gasteiger partial charge in [0, 0.05) is 23.1 Å². The molecule has 0 fully saturated rings. The lowest BCUT2D eigenvalue weighted by atomic mass is 9.70. The molecule has 1 unspecified atom stereocenters. The van der Waals surface area contributed by atoms with E-state index < -0.39 is 5.54 Å². The number of fused-ring (bicyclic) bond motifs is 1. The van der Waals surface area contributed by atoms with Crippen molar-refractivity contribution in [2.45, 2.75) is 12.0 Å². The van der Waals surface area contributed by atoms with Crippen molar-refractivity contribution in [3.8, 4) is 21.7 Å². The summed E-state index contributed by atoms with van der Waals surface area (Å²) < 4.78 is 2.17. The average molecular weight is 523 g/mol. The van der Waals surface area contributed by atoms with Gasteiger partial charge in [0.2, 0.25) is 0 Å². The minimum Gasteiger partial charge on any atom is -0.256 e. The van der Waals surface area contributed by atoms with E-state index in [1.165, 1.54) is 11.1 Å². The lowest BCUT2D eigenvalue weighted by molar-refractivity contribution is 0.293. The summed E-state index contributed by atoms with van der Waals surface area (Å²) in [6.45, 7) is 0. The first kappa shape index (κ1) is 23.5. The van der Waals surface area contributed by atoms with Crippen LogP contribution >= 0.6 is 11.3 Å². The molecule has 3 heterocycles. The van der Waals surface area contributed by atoms with Gasteiger partial charge in [0.1, 0.15) is 11.9 Å². The van der Waals surface area contributed by atoms with Gasteiger partial charge in [-0.3, -0.25) is 4.68 Å². The number of thiophene rings is 1. The second-order valence-electron chi connectivity index (χ2n) is 9.76. The highest BCUT2D eigenvalue weighted by Gasteiger charge is 2.43. The third-order valence-electron chi connectivity index (χ3n) is 7.61. The Labute approximate surface area is 231 Å². The molecule has 0 saturated heterocycles. The average Bonchev–Trinajstić information content (AvgIpc) is 3.73. The zero-order chi connectivity index (χ0) is 26.1. The second-order valence-corrected chi connectivity index (χ2v) is 10.7. The molecule has 0 amide bonds. The third-order valence-corrected chi connectivity index (χ3v) is 8.49. The largest absolute Gasteiger partial charge is 0.256 e. The Morgan fingerprint density at radius 2 is 1.59 bits per heavy atom. The maximum Gasteiger partial charge on any atom is 0.119 e. The standard InChI is InChI=1S/C34H26N4S/c1-4-11-27(12-5-1)34(28-13-6-2-7-14-28,29-15-8-3-9-16-29)38-23-26(22-37-38)25-18-19-31-30(21-25)33(36-24-35-31)32-17-10-20-39-32/h1-15,17-24,29H,16H2. The Hall–Kier alpha value is -4.61. The lowest BCUT2D eigenvalue weighted by Crippen LogP contribution is -2.43. The van der Waals surface area contributed by atoms with Crippen LogP contribution in [0.25, 0.3) is 32.6 Å². The summed E-state index contributed by atoms with van der Waals surface area (Å²) in [5, 5.41) is 8.20. The second kappa shape index (κ2) is 9.93. The first-order chi connectivity index (χ1) is 19.3. The highest BCUT2D eigenvalue weighted by molar-refractivity contribution is 7.13. The van der Waals surface area contributed by atoms with E-state index in [1.807, 2.05) is 6.20 Å². The molecule has 7 rings (SSSR count). The van der Waals surface area contributed by atoms with Gasteiger partial charge >= 0.3 is 0 Å². The monoisotopic (exact) mass is 522 g/mol. The van der Waals surface area contributed by atoms with Crippen LogP contribution in [0.5, 0.6) is 0 Å². The van der Waals surface area contributed by atoms with E-state index in [9.17, 15) is 0 Å². The molecular formula is C34H26N4S. The van der Waals surface area contributed by atoms with Crippen molar-refractivity contribution in [2.75, 3.05) is 0 Å². The summed E-state index contributed by atoms with van der Waals surface area (Å²) in [4.78, 5) is 10.3. The maximum absolute atomic E-state index is 5.07. The smallest absolute Gasteiger partial charge is 0.119 e. The van der Waals surface area contributed by atoms with Crippen molar-refractivity contribution in [1.82, 2.24) is 19.7 Å². The lowest BCUT2D eigenvalue weighted by Gasteiger charge is -2.41. The molecule has 1 aliphatic carbocycles. The molecule has 39 heavy (non-hydrogen) atoms. The topological polar surface area (TPSA) is 43.6 Å². The molecule has 1 aliphatic rings. The summed E-state index contributed by atoms with van der Waals surface area (Å²) in [6, 6.07) is 32.1. The molecule has 0 aliphatic heterocycles. The molecule has 0 radical (unpaired) electrons. The zero-order valence-corrected chi connectivity index (χ0v) is 22.1. The van der Waals surface area contributed by atoms with Gasteiger partial charge in [0.05, 0.1) is 22.3 Å². The van der Waals surface area contributed by atoms with Crippen molar-refractivity contribution in [1.29, 1.82) is 0 Å². The van der Waals surface area contributed by atoms with Crippen molar-refractivity contribution < 1.29 is 0 Å². The molecule has 3 aromatic heterocycles. The predicted octanol–water partition coefficient (Wildman–Crippen LogP) is 8.15. The van der Waals surface area contributed by atoms with E-state index in [1.54, 1.807) is 17.7 Å². The molecule has 1 atom stereocenters. The molecule has 188 valence electrons. The van der Waals surface area contributed by atoms with Crippen molar-refractivity contribution in [3.63, 3.8) is 0 Å². The van der Waals surface area contributed by atoms with E-state index in [2.05, 4.69) is 142 Å². The van der Waals surface area contributed by atoms with Gasteiger partial charge in [0.15, 0.2) is 0 Å².